The van der Waals surface area contributed by atoms with E-state index in [4.69, 9.17) is 0 Å². The van der Waals surface area contributed by atoms with Gasteiger partial charge < -0.3 is 0 Å². The van der Waals surface area contributed by atoms with Gasteiger partial charge in [-0.3, -0.25) is 0 Å². The Balaban J connectivity index is 1.95. The highest BCUT2D eigenvalue weighted by Crippen LogP contribution is 2.47. The number of benzene rings is 3. The summed E-state index contributed by atoms with van der Waals surface area (Å²) in [5, 5.41) is 2.17. The lowest BCUT2D eigenvalue weighted by atomic mass is 9.61. The molecule has 0 N–H and O–H groups in total. The molecule has 4 rings (SSSR count). The van der Waals surface area contributed by atoms with E-state index < -0.39 is 34.2 Å². The summed E-state index contributed by atoms with van der Waals surface area (Å²) in [5.41, 5.74) is 0.0552. The van der Waals surface area contributed by atoms with Crippen LogP contribution in [0.2, 0.25) is 0 Å². The van der Waals surface area contributed by atoms with Crippen LogP contribution in [0.1, 0.15) is 56.6 Å². The molecule has 3 aromatic carbocycles. The van der Waals surface area contributed by atoms with Crippen molar-refractivity contribution in [1.29, 1.82) is 0 Å². The first-order chi connectivity index (χ1) is 15.0. The third-order valence-electron chi connectivity index (χ3n) is 6.50. The summed E-state index contributed by atoms with van der Waals surface area (Å²) in [5.74, 6) is -0.295. The van der Waals surface area contributed by atoms with Gasteiger partial charge in [0.25, 0.3) is 0 Å². The summed E-state index contributed by atoms with van der Waals surface area (Å²) in [6.45, 7) is 2.13. The average Bonchev–Trinajstić information content (AvgIpc) is 2.80. The van der Waals surface area contributed by atoms with E-state index in [1.165, 1.54) is 0 Å². The lowest BCUT2D eigenvalue weighted by Gasteiger charge is -2.42. The van der Waals surface area contributed by atoms with Crippen LogP contribution in [0, 0.1) is 41.0 Å². The summed E-state index contributed by atoms with van der Waals surface area (Å²) >= 11 is 0. The molecule has 2 unspecified atom stereocenters. The lowest BCUT2D eigenvalue weighted by molar-refractivity contribution is 0.230. The summed E-state index contributed by atoms with van der Waals surface area (Å²) in [6.07, 6.45) is 5.76. The Bertz CT molecular complexity index is 1160. The van der Waals surface area contributed by atoms with E-state index in [0.717, 1.165) is 54.9 Å². The molecular weight excluding hydrogens is 400 g/mol. The number of rotatable bonds is 3. The fourth-order valence-corrected chi connectivity index (χ4v) is 5.03. The van der Waals surface area contributed by atoms with Crippen molar-refractivity contribution in [2.45, 2.75) is 50.9 Å². The number of hydrogen-bond acceptors (Lipinski definition) is 0. The SMILES string of the molecule is CCCC1CCCCC1(C#Cc1cc(F)c(F)c(F)c1F)c1cccc2ccccc12. The van der Waals surface area contributed by atoms with Crippen LogP contribution in [0.25, 0.3) is 10.8 Å². The van der Waals surface area contributed by atoms with Crippen molar-refractivity contribution >= 4 is 10.8 Å². The van der Waals surface area contributed by atoms with Crippen LogP contribution in [0.3, 0.4) is 0 Å². The molecular formula is C27H24F4. The van der Waals surface area contributed by atoms with Gasteiger partial charge in [-0.05, 0) is 47.6 Å². The first-order valence-corrected chi connectivity index (χ1v) is 10.8. The van der Waals surface area contributed by atoms with Gasteiger partial charge in [0.05, 0.1) is 11.0 Å². The van der Waals surface area contributed by atoms with E-state index >= 15 is 0 Å². The lowest BCUT2D eigenvalue weighted by Crippen LogP contribution is -2.37. The first kappa shape index (κ1) is 21.4. The Morgan fingerprint density at radius 3 is 2.52 bits per heavy atom. The van der Waals surface area contributed by atoms with E-state index in [2.05, 4.69) is 30.9 Å². The molecule has 160 valence electrons. The molecule has 3 aromatic rings. The topological polar surface area (TPSA) is 0 Å². The second kappa shape index (κ2) is 8.75. The second-order valence-corrected chi connectivity index (χ2v) is 8.33. The molecule has 4 heteroatoms. The van der Waals surface area contributed by atoms with Crippen molar-refractivity contribution in [2.75, 3.05) is 0 Å². The first-order valence-electron chi connectivity index (χ1n) is 10.8. The molecule has 0 aromatic heterocycles. The van der Waals surface area contributed by atoms with Crippen molar-refractivity contribution < 1.29 is 17.6 Å². The molecule has 1 aliphatic rings. The van der Waals surface area contributed by atoms with Crippen molar-refractivity contribution in [3.8, 4) is 11.8 Å². The zero-order valence-corrected chi connectivity index (χ0v) is 17.5. The van der Waals surface area contributed by atoms with E-state index in [-0.39, 0.29) is 5.92 Å². The van der Waals surface area contributed by atoms with Crippen molar-refractivity contribution in [2.24, 2.45) is 5.92 Å². The molecule has 1 fully saturated rings. The van der Waals surface area contributed by atoms with Crippen LogP contribution in [-0.2, 0) is 5.41 Å². The minimum Gasteiger partial charge on any atom is -0.204 e. The fraction of sp³-hybridized carbons (Fsp3) is 0.333. The molecule has 0 spiro atoms. The van der Waals surface area contributed by atoms with Gasteiger partial charge in [0.2, 0.25) is 0 Å². The van der Waals surface area contributed by atoms with Gasteiger partial charge in [-0.1, -0.05) is 80.5 Å². The van der Waals surface area contributed by atoms with E-state index in [9.17, 15) is 17.6 Å². The predicted molar refractivity (Wildman–Crippen MR) is 116 cm³/mol. The summed E-state index contributed by atoms with van der Waals surface area (Å²) in [7, 11) is 0. The Hall–Kier alpha value is -2.80. The highest BCUT2D eigenvalue weighted by molar-refractivity contribution is 5.87. The van der Waals surface area contributed by atoms with E-state index in [0.29, 0.717) is 6.07 Å². The van der Waals surface area contributed by atoms with Crippen LogP contribution in [0.15, 0.2) is 48.5 Å². The molecule has 1 aliphatic carbocycles. The molecule has 0 heterocycles. The molecule has 0 bridgehead atoms. The third kappa shape index (κ3) is 3.82. The van der Waals surface area contributed by atoms with Crippen LogP contribution in [0.5, 0.6) is 0 Å². The van der Waals surface area contributed by atoms with Gasteiger partial charge in [-0.2, -0.15) is 0 Å². The van der Waals surface area contributed by atoms with Crippen LogP contribution in [-0.4, -0.2) is 0 Å². The molecule has 31 heavy (non-hydrogen) atoms. The zero-order valence-electron chi connectivity index (χ0n) is 17.5. The van der Waals surface area contributed by atoms with Crippen molar-refractivity contribution in [3.05, 3.63) is 82.9 Å². The minimum absolute atomic E-state index is 0.239. The van der Waals surface area contributed by atoms with E-state index in [1.807, 2.05) is 30.3 Å². The van der Waals surface area contributed by atoms with Crippen molar-refractivity contribution in [3.63, 3.8) is 0 Å². The molecule has 0 radical (unpaired) electrons. The van der Waals surface area contributed by atoms with Gasteiger partial charge in [-0.25, -0.2) is 17.6 Å². The fourth-order valence-electron chi connectivity index (χ4n) is 5.03. The normalized spacial score (nSPS) is 21.0. The third-order valence-corrected chi connectivity index (χ3v) is 6.50. The van der Waals surface area contributed by atoms with E-state index in [1.54, 1.807) is 0 Å². The second-order valence-electron chi connectivity index (χ2n) is 8.33. The molecule has 0 nitrogen and oxygen atoms in total. The van der Waals surface area contributed by atoms with Crippen LogP contribution in [0.4, 0.5) is 17.6 Å². The molecule has 0 amide bonds. The standard InChI is InChI=1S/C27H24F4/c1-2-8-20-11-5-6-15-27(20,22-13-7-10-18-9-3-4-12-21(18)22)16-14-19-17-23(28)25(30)26(31)24(19)29/h3-4,7,9-10,12-13,17,20H,2,5-6,8,11,15H2,1H3. The maximum absolute atomic E-state index is 14.3. The largest absolute Gasteiger partial charge is 0.204 e. The Morgan fingerprint density at radius 2 is 1.71 bits per heavy atom. The highest BCUT2D eigenvalue weighted by Gasteiger charge is 2.41. The summed E-state index contributed by atoms with van der Waals surface area (Å²) < 4.78 is 55.3. The highest BCUT2D eigenvalue weighted by atomic mass is 19.2. The maximum atomic E-state index is 14.3. The zero-order chi connectivity index (χ0) is 22.0. The maximum Gasteiger partial charge on any atom is 0.198 e. The molecule has 1 saturated carbocycles. The Morgan fingerprint density at radius 1 is 0.935 bits per heavy atom. The smallest absolute Gasteiger partial charge is 0.198 e. The Labute approximate surface area is 180 Å². The number of hydrogen-bond donors (Lipinski definition) is 0. The molecule has 0 aliphatic heterocycles. The van der Waals surface area contributed by atoms with Crippen molar-refractivity contribution in [1.82, 2.24) is 0 Å². The number of halogens is 4. The Kier molecular flexibility index (Phi) is 6.05. The quantitative estimate of drug-likeness (QED) is 0.175. The van der Waals surface area contributed by atoms with Gasteiger partial charge in [0.15, 0.2) is 23.3 Å². The monoisotopic (exact) mass is 424 g/mol. The molecule has 2 atom stereocenters. The summed E-state index contributed by atoms with van der Waals surface area (Å²) in [6, 6.07) is 14.8. The van der Waals surface area contributed by atoms with Crippen LogP contribution < -0.4 is 0 Å². The summed E-state index contributed by atoms with van der Waals surface area (Å²) in [4.78, 5) is 0. The number of fused-ring (bicyclic) bond motifs is 1. The van der Waals surface area contributed by atoms with Crippen LogP contribution >= 0.6 is 0 Å². The molecule has 0 saturated heterocycles. The van der Waals surface area contributed by atoms with Gasteiger partial charge >= 0.3 is 0 Å². The minimum atomic E-state index is -1.82. The van der Waals surface area contributed by atoms with Gasteiger partial charge in [-0.15, -0.1) is 0 Å². The predicted octanol–water partition coefficient (Wildman–Crippen LogP) is 7.68. The average molecular weight is 424 g/mol. The van der Waals surface area contributed by atoms with Gasteiger partial charge in [0, 0.05) is 0 Å². The van der Waals surface area contributed by atoms with Gasteiger partial charge in [0.1, 0.15) is 0 Å².